The average Bonchev–Trinajstić information content (AvgIpc) is 3.28. The molecule has 0 saturated carbocycles. The van der Waals surface area contributed by atoms with Crippen LogP contribution in [0.3, 0.4) is 0 Å². The third-order valence-corrected chi connectivity index (χ3v) is 4.55. The third kappa shape index (κ3) is 2.95. The van der Waals surface area contributed by atoms with Crippen molar-refractivity contribution >= 4 is 22.5 Å². The van der Waals surface area contributed by atoms with Gasteiger partial charge in [0.05, 0.1) is 18.9 Å². The highest BCUT2D eigenvalue weighted by Crippen LogP contribution is 2.18. The Kier molecular flexibility index (Phi) is 4.15. The first-order valence-electron chi connectivity index (χ1n) is 8.45. The second kappa shape index (κ2) is 6.64. The molecule has 1 atom stereocenters. The molecule has 0 aliphatic rings. The van der Waals surface area contributed by atoms with Crippen molar-refractivity contribution in [1.29, 1.82) is 0 Å². The van der Waals surface area contributed by atoms with Crippen molar-refractivity contribution in [3.63, 3.8) is 0 Å². The average molecular weight is 366 g/mol. The highest BCUT2D eigenvalue weighted by Gasteiger charge is 2.19. The van der Waals surface area contributed by atoms with Crippen molar-refractivity contribution in [2.75, 3.05) is 7.11 Å². The van der Waals surface area contributed by atoms with Crippen LogP contribution in [-0.2, 0) is 11.3 Å². The van der Waals surface area contributed by atoms with Crippen LogP contribution in [0, 0.1) is 0 Å². The zero-order chi connectivity index (χ0) is 19.0. The highest BCUT2D eigenvalue weighted by molar-refractivity contribution is 5.82. The quantitative estimate of drug-likeness (QED) is 0.584. The number of methoxy groups -OCH3 is 1. The number of nitrogens with zero attached hydrogens (tertiary/aromatic N) is 3. The molecule has 0 fully saturated rings. The van der Waals surface area contributed by atoms with E-state index in [2.05, 4.69) is 10.4 Å². The van der Waals surface area contributed by atoms with E-state index >= 15 is 0 Å². The molecule has 8 nitrogen and oxygen atoms in total. The molecule has 1 amide bonds. The predicted molar refractivity (Wildman–Crippen MR) is 98.8 cm³/mol. The summed E-state index contributed by atoms with van der Waals surface area (Å²) >= 11 is 0. The van der Waals surface area contributed by atoms with Crippen LogP contribution in [0.2, 0.25) is 0 Å². The number of fused-ring (bicyclic) bond motifs is 3. The number of carbonyl (C=O) groups is 1. The van der Waals surface area contributed by atoms with Crippen molar-refractivity contribution in [2.45, 2.75) is 19.5 Å². The molecule has 0 saturated heterocycles. The highest BCUT2D eigenvalue weighted by atomic mass is 16.5. The Labute approximate surface area is 154 Å². The van der Waals surface area contributed by atoms with E-state index < -0.39 is 6.04 Å². The second-order valence-electron chi connectivity index (χ2n) is 6.19. The van der Waals surface area contributed by atoms with Gasteiger partial charge in [-0.2, -0.15) is 5.10 Å². The Morgan fingerprint density at radius 3 is 2.78 bits per heavy atom. The Morgan fingerprint density at radius 1 is 1.26 bits per heavy atom. The molecule has 0 radical (unpaired) electrons. The molecule has 3 heterocycles. The summed E-state index contributed by atoms with van der Waals surface area (Å²) in [5.74, 6) is 0.459. The molecular weight excluding hydrogens is 348 g/mol. The maximum absolute atomic E-state index is 12.7. The molecule has 3 aromatic heterocycles. The third-order valence-electron chi connectivity index (χ3n) is 4.55. The van der Waals surface area contributed by atoms with Crippen molar-refractivity contribution in [1.82, 2.24) is 19.5 Å². The zero-order valence-electron chi connectivity index (χ0n) is 14.9. The first kappa shape index (κ1) is 16.9. The normalized spacial score (nSPS) is 12.4. The van der Waals surface area contributed by atoms with Crippen molar-refractivity contribution in [3.8, 4) is 5.75 Å². The number of carbonyl (C=O) groups excluding carboxylic acids is 1. The summed E-state index contributed by atoms with van der Waals surface area (Å²) in [5, 5.41) is 6.98. The lowest BCUT2D eigenvalue weighted by Crippen LogP contribution is -2.37. The van der Waals surface area contributed by atoms with E-state index in [4.69, 9.17) is 9.15 Å². The number of amides is 1. The van der Waals surface area contributed by atoms with Crippen molar-refractivity contribution in [3.05, 3.63) is 64.9 Å². The van der Waals surface area contributed by atoms with Gasteiger partial charge in [-0.15, -0.1) is 0 Å². The van der Waals surface area contributed by atoms with Gasteiger partial charge in [0.2, 0.25) is 5.91 Å². The number of furan rings is 1. The van der Waals surface area contributed by atoms with Gasteiger partial charge in [0, 0.05) is 18.7 Å². The van der Waals surface area contributed by atoms with Gasteiger partial charge in [0.25, 0.3) is 5.56 Å². The number of rotatable bonds is 5. The minimum atomic E-state index is -0.748. The summed E-state index contributed by atoms with van der Waals surface area (Å²) in [5.41, 5.74) is 2.35. The minimum Gasteiger partial charge on any atom is -0.497 e. The number of hydrogen-bond donors (Lipinski definition) is 1. The van der Waals surface area contributed by atoms with Crippen LogP contribution >= 0.6 is 0 Å². The van der Waals surface area contributed by atoms with E-state index in [1.807, 2.05) is 24.3 Å². The first-order valence-corrected chi connectivity index (χ1v) is 8.45. The summed E-state index contributed by atoms with van der Waals surface area (Å²) in [7, 11) is 1.60. The van der Waals surface area contributed by atoms with Crippen molar-refractivity contribution in [2.24, 2.45) is 0 Å². The Hall–Kier alpha value is -3.55. The molecule has 0 aliphatic carbocycles. The fourth-order valence-corrected chi connectivity index (χ4v) is 2.98. The van der Waals surface area contributed by atoms with Crippen LogP contribution in [-0.4, -0.2) is 27.2 Å². The van der Waals surface area contributed by atoms with Crippen LogP contribution in [0.1, 0.15) is 18.5 Å². The predicted octanol–water partition coefficient (Wildman–Crippen LogP) is 2.13. The molecule has 1 aromatic carbocycles. The lowest BCUT2D eigenvalue weighted by atomic mass is 10.2. The Bertz CT molecular complexity index is 1170. The first-order chi connectivity index (χ1) is 13.1. The molecule has 0 unspecified atom stereocenters. The SMILES string of the molecule is COc1ccc(CNC(=O)[C@@H](C)n2ncn3c(cc4occc43)c2=O)cc1. The molecule has 4 rings (SSSR count). The zero-order valence-corrected chi connectivity index (χ0v) is 14.9. The molecular formula is C19H18N4O4. The molecule has 8 heteroatoms. The molecule has 27 heavy (non-hydrogen) atoms. The van der Waals surface area contributed by atoms with E-state index in [-0.39, 0.29) is 11.5 Å². The van der Waals surface area contributed by atoms with Crippen LogP contribution in [0.15, 0.2) is 58.2 Å². The molecule has 4 aromatic rings. The fraction of sp³-hybridized carbons (Fsp3) is 0.211. The summed E-state index contributed by atoms with van der Waals surface area (Å²) in [6, 6.07) is 10.1. The van der Waals surface area contributed by atoms with Gasteiger partial charge in [0.1, 0.15) is 23.6 Å². The van der Waals surface area contributed by atoms with Crippen molar-refractivity contribution < 1.29 is 13.9 Å². The lowest BCUT2D eigenvalue weighted by Gasteiger charge is -2.14. The van der Waals surface area contributed by atoms with Gasteiger partial charge in [0.15, 0.2) is 5.58 Å². The van der Waals surface area contributed by atoms with Gasteiger partial charge >= 0.3 is 0 Å². The number of aromatic nitrogens is 3. The van der Waals surface area contributed by atoms with E-state index in [0.717, 1.165) is 16.8 Å². The smallest absolute Gasteiger partial charge is 0.291 e. The number of hydrogen-bond acceptors (Lipinski definition) is 5. The molecule has 138 valence electrons. The van der Waals surface area contributed by atoms with Crippen LogP contribution in [0.5, 0.6) is 5.75 Å². The second-order valence-corrected chi connectivity index (χ2v) is 6.19. The molecule has 0 bridgehead atoms. The maximum Gasteiger partial charge on any atom is 0.291 e. The summed E-state index contributed by atoms with van der Waals surface area (Å²) in [6.45, 7) is 1.99. The summed E-state index contributed by atoms with van der Waals surface area (Å²) < 4.78 is 13.3. The summed E-state index contributed by atoms with van der Waals surface area (Å²) in [6.07, 6.45) is 3.07. The van der Waals surface area contributed by atoms with E-state index in [1.54, 1.807) is 36.8 Å². The summed E-state index contributed by atoms with van der Waals surface area (Å²) in [4.78, 5) is 25.2. The van der Waals surface area contributed by atoms with E-state index in [9.17, 15) is 9.59 Å². The minimum absolute atomic E-state index is 0.292. The lowest BCUT2D eigenvalue weighted by molar-refractivity contribution is -0.124. The van der Waals surface area contributed by atoms with Gasteiger partial charge in [-0.3, -0.25) is 14.0 Å². The Morgan fingerprint density at radius 2 is 2.04 bits per heavy atom. The maximum atomic E-state index is 12.7. The molecule has 0 spiro atoms. The monoisotopic (exact) mass is 366 g/mol. The largest absolute Gasteiger partial charge is 0.497 e. The Balaban J connectivity index is 1.54. The van der Waals surface area contributed by atoms with E-state index in [0.29, 0.717) is 17.6 Å². The molecule has 1 N–H and O–H groups in total. The van der Waals surface area contributed by atoms with Gasteiger partial charge in [-0.05, 0) is 24.6 Å². The van der Waals surface area contributed by atoms with Gasteiger partial charge in [-0.25, -0.2) is 4.68 Å². The van der Waals surface area contributed by atoms with Gasteiger partial charge < -0.3 is 14.5 Å². The van der Waals surface area contributed by atoms with Gasteiger partial charge in [-0.1, -0.05) is 12.1 Å². The van der Waals surface area contributed by atoms with Crippen LogP contribution < -0.4 is 15.6 Å². The number of ether oxygens (including phenoxy) is 1. The molecule has 0 aliphatic heterocycles. The number of benzene rings is 1. The fourth-order valence-electron chi connectivity index (χ4n) is 2.98. The standard InChI is InChI=1S/C19H18N4O4/c1-12(18(24)20-10-13-3-5-14(26-2)6-4-13)23-19(25)16-9-17-15(7-8-27-17)22(16)11-21-23/h3-9,11-12H,10H2,1-2H3,(H,20,24)/t12-/m1/s1. The topological polar surface area (TPSA) is 90.8 Å². The number of nitrogens with one attached hydrogen (secondary N) is 1. The van der Waals surface area contributed by atoms with E-state index in [1.165, 1.54) is 11.0 Å². The van der Waals surface area contributed by atoms with Crippen LogP contribution in [0.25, 0.3) is 16.6 Å². The van der Waals surface area contributed by atoms with Crippen LogP contribution in [0.4, 0.5) is 0 Å².